The molecule has 0 aliphatic carbocycles. The van der Waals surface area contributed by atoms with Gasteiger partial charge in [-0.25, -0.2) is 4.79 Å². The zero-order chi connectivity index (χ0) is 14.1. The fourth-order valence-corrected chi connectivity index (χ4v) is 1.83. The third-order valence-corrected chi connectivity index (χ3v) is 3.17. The zero-order valence-electron chi connectivity index (χ0n) is 12.1. The van der Waals surface area contributed by atoms with Gasteiger partial charge >= 0.3 is 6.09 Å². The second-order valence-electron chi connectivity index (χ2n) is 4.29. The van der Waals surface area contributed by atoms with Gasteiger partial charge in [-0.1, -0.05) is 32.0 Å². The van der Waals surface area contributed by atoms with E-state index < -0.39 is 0 Å². The van der Waals surface area contributed by atoms with Gasteiger partial charge in [-0.2, -0.15) is 0 Å². The summed E-state index contributed by atoms with van der Waals surface area (Å²) < 4.78 is 5.34. The lowest BCUT2D eigenvalue weighted by molar-refractivity contribution is 0.146. The van der Waals surface area contributed by atoms with Gasteiger partial charge in [-0.05, 0) is 32.1 Å². The molecule has 1 aromatic carbocycles. The molecule has 0 unspecified atom stereocenters. The average Bonchev–Trinajstić information content (AvgIpc) is 2.45. The summed E-state index contributed by atoms with van der Waals surface area (Å²) in [5.74, 6) is 0.591. The Morgan fingerprint density at radius 1 is 1.00 bits per heavy atom. The normalized spacial score (nSPS) is 10.5. The molecule has 0 radical (unpaired) electrons. The van der Waals surface area contributed by atoms with Gasteiger partial charge in [0.2, 0.25) is 0 Å². The maximum Gasteiger partial charge on any atom is 0.415 e. The van der Waals surface area contributed by atoms with E-state index in [9.17, 15) is 4.79 Å². The SMILES string of the molecule is CCN(CC)CCN(CC)C(=O)Oc1ccccc1. The van der Waals surface area contributed by atoms with Crippen LogP contribution in [-0.2, 0) is 0 Å². The van der Waals surface area contributed by atoms with Crippen molar-refractivity contribution in [2.45, 2.75) is 20.8 Å². The summed E-state index contributed by atoms with van der Waals surface area (Å²) in [6.45, 7) is 10.5. The predicted octanol–water partition coefficient (Wildman–Crippen LogP) is 2.85. The van der Waals surface area contributed by atoms with Crippen molar-refractivity contribution >= 4 is 6.09 Å². The third kappa shape index (κ3) is 5.30. The van der Waals surface area contributed by atoms with E-state index in [-0.39, 0.29) is 6.09 Å². The van der Waals surface area contributed by atoms with E-state index in [0.717, 1.165) is 19.6 Å². The van der Waals surface area contributed by atoms with Crippen molar-refractivity contribution in [3.05, 3.63) is 30.3 Å². The third-order valence-electron chi connectivity index (χ3n) is 3.17. The van der Waals surface area contributed by atoms with E-state index >= 15 is 0 Å². The van der Waals surface area contributed by atoms with Crippen molar-refractivity contribution in [2.24, 2.45) is 0 Å². The van der Waals surface area contributed by atoms with Crippen molar-refractivity contribution < 1.29 is 9.53 Å². The van der Waals surface area contributed by atoms with Crippen molar-refractivity contribution in [1.29, 1.82) is 0 Å². The van der Waals surface area contributed by atoms with Crippen molar-refractivity contribution in [3.8, 4) is 5.75 Å². The van der Waals surface area contributed by atoms with Gasteiger partial charge < -0.3 is 14.5 Å². The molecule has 4 heteroatoms. The maximum absolute atomic E-state index is 12.0. The van der Waals surface area contributed by atoms with Crippen LogP contribution in [0.25, 0.3) is 0 Å². The quantitative estimate of drug-likeness (QED) is 0.759. The van der Waals surface area contributed by atoms with Gasteiger partial charge in [0.1, 0.15) is 5.75 Å². The molecule has 0 heterocycles. The molecule has 0 bridgehead atoms. The first-order valence-corrected chi connectivity index (χ1v) is 6.95. The smallest absolute Gasteiger partial charge is 0.410 e. The summed E-state index contributed by atoms with van der Waals surface area (Å²) in [6, 6.07) is 9.19. The number of carbonyl (C=O) groups is 1. The zero-order valence-corrected chi connectivity index (χ0v) is 12.1. The molecule has 1 amide bonds. The van der Waals surface area contributed by atoms with E-state index in [1.165, 1.54) is 0 Å². The molecule has 0 atom stereocenters. The van der Waals surface area contributed by atoms with Crippen LogP contribution in [0.15, 0.2) is 30.3 Å². The minimum atomic E-state index is -0.277. The van der Waals surface area contributed by atoms with Crippen LogP contribution in [0.2, 0.25) is 0 Å². The van der Waals surface area contributed by atoms with Crippen LogP contribution in [0.5, 0.6) is 5.75 Å². The minimum Gasteiger partial charge on any atom is -0.410 e. The van der Waals surface area contributed by atoms with Gasteiger partial charge in [-0.15, -0.1) is 0 Å². The summed E-state index contributed by atoms with van der Waals surface area (Å²) in [6.07, 6.45) is -0.277. The molecule has 0 aromatic heterocycles. The highest BCUT2D eigenvalue weighted by Gasteiger charge is 2.14. The summed E-state index contributed by atoms with van der Waals surface area (Å²) in [5.41, 5.74) is 0. The highest BCUT2D eigenvalue weighted by Crippen LogP contribution is 2.10. The number of para-hydroxylation sites is 1. The van der Waals surface area contributed by atoms with Crippen molar-refractivity contribution in [2.75, 3.05) is 32.7 Å². The molecule has 1 rings (SSSR count). The molecule has 0 aliphatic rings. The molecular formula is C15H24N2O2. The Bertz CT molecular complexity index is 364. The standard InChI is InChI=1S/C15H24N2O2/c1-4-16(5-2)12-13-17(6-3)15(18)19-14-10-8-7-9-11-14/h7-11H,4-6,12-13H2,1-3H3. The number of carbonyl (C=O) groups excluding carboxylic acids is 1. The molecule has 0 saturated carbocycles. The molecule has 0 N–H and O–H groups in total. The number of ether oxygens (including phenoxy) is 1. The maximum atomic E-state index is 12.0. The first kappa shape index (κ1) is 15.5. The lowest BCUT2D eigenvalue weighted by Gasteiger charge is -2.24. The molecule has 0 saturated heterocycles. The Morgan fingerprint density at radius 2 is 1.63 bits per heavy atom. The minimum absolute atomic E-state index is 0.277. The predicted molar refractivity (Wildman–Crippen MR) is 77.5 cm³/mol. The Labute approximate surface area is 116 Å². The second-order valence-corrected chi connectivity index (χ2v) is 4.29. The van der Waals surface area contributed by atoms with Crippen LogP contribution in [0, 0.1) is 0 Å². The Kier molecular flexibility index (Phi) is 6.97. The lowest BCUT2D eigenvalue weighted by atomic mass is 10.3. The summed E-state index contributed by atoms with van der Waals surface area (Å²) >= 11 is 0. The number of benzene rings is 1. The molecule has 0 spiro atoms. The van der Waals surface area contributed by atoms with Crippen LogP contribution < -0.4 is 4.74 Å². The highest BCUT2D eigenvalue weighted by molar-refractivity contribution is 5.70. The molecule has 19 heavy (non-hydrogen) atoms. The van der Waals surface area contributed by atoms with Crippen LogP contribution in [0.4, 0.5) is 4.79 Å². The Balaban J connectivity index is 2.48. The van der Waals surface area contributed by atoms with Crippen LogP contribution in [0.1, 0.15) is 20.8 Å². The van der Waals surface area contributed by atoms with Crippen LogP contribution in [0.3, 0.4) is 0 Å². The fraction of sp³-hybridized carbons (Fsp3) is 0.533. The number of hydrogen-bond acceptors (Lipinski definition) is 3. The molecular weight excluding hydrogens is 240 g/mol. The highest BCUT2D eigenvalue weighted by atomic mass is 16.6. The largest absolute Gasteiger partial charge is 0.415 e. The summed E-state index contributed by atoms with van der Waals surface area (Å²) in [7, 11) is 0. The van der Waals surface area contributed by atoms with Crippen LogP contribution in [-0.4, -0.2) is 48.6 Å². The van der Waals surface area contributed by atoms with E-state index in [4.69, 9.17) is 4.74 Å². The van der Waals surface area contributed by atoms with Gasteiger partial charge in [0, 0.05) is 19.6 Å². The number of nitrogens with zero attached hydrogens (tertiary/aromatic N) is 2. The van der Waals surface area contributed by atoms with Gasteiger partial charge in [0.05, 0.1) is 0 Å². The number of amides is 1. The van der Waals surface area contributed by atoms with Crippen molar-refractivity contribution in [1.82, 2.24) is 9.80 Å². The Morgan fingerprint density at radius 3 is 2.16 bits per heavy atom. The molecule has 1 aromatic rings. The summed E-state index contributed by atoms with van der Waals surface area (Å²) in [4.78, 5) is 16.0. The first-order valence-electron chi connectivity index (χ1n) is 6.95. The van der Waals surface area contributed by atoms with E-state index in [2.05, 4.69) is 18.7 Å². The van der Waals surface area contributed by atoms with E-state index in [0.29, 0.717) is 18.8 Å². The molecule has 106 valence electrons. The average molecular weight is 264 g/mol. The molecule has 0 aliphatic heterocycles. The molecule has 4 nitrogen and oxygen atoms in total. The second kappa shape index (κ2) is 8.53. The lowest BCUT2D eigenvalue weighted by Crippen LogP contribution is -2.40. The van der Waals surface area contributed by atoms with Crippen LogP contribution >= 0.6 is 0 Å². The first-order chi connectivity index (χ1) is 9.21. The van der Waals surface area contributed by atoms with E-state index in [1.54, 1.807) is 17.0 Å². The summed E-state index contributed by atoms with van der Waals surface area (Å²) in [5, 5.41) is 0. The monoisotopic (exact) mass is 264 g/mol. The van der Waals surface area contributed by atoms with E-state index in [1.807, 2.05) is 25.1 Å². The number of rotatable bonds is 7. The van der Waals surface area contributed by atoms with Crippen molar-refractivity contribution in [3.63, 3.8) is 0 Å². The number of likely N-dealkylation sites (N-methyl/N-ethyl adjacent to an activating group) is 2. The van der Waals surface area contributed by atoms with Gasteiger partial charge in [-0.3, -0.25) is 0 Å². The Hall–Kier alpha value is -1.55. The van der Waals surface area contributed by atoms with Gasteiger partial charge in [0.25, 0.3) is 0 Å². The fourth-order valence-electron chi connectivity index (χ4n) is 1.83. The number of hydrogen-bond donors (Lipinski definition) is 0. The topological polar surface area (TPSA) is 32.8 Å². The molecule has 0 fully saturated rings. The van der Waals surface area contributed by atoms with Gasteiger partial charge in [0.15, 0.2) is 0 Å².